The van der Waals surface area contributed by atoms with Crippen molar-refractivity contribution in [3.8, 4) is 5.69 Å². The van der Waals surface area contributed by atoms with Crippen LogP contribution in [-0.2, 0) is 0 Å². The molecule has 0 atom stereocenters. The van der Waals surface area contributed by atoms with Gasteiger partial charge in [-0.05, 0) is 6.92 Å². The van der Waals surface area contributed by atoms with E-state index in [0.29, 0.717) is 0 Å². The van der Waals surface area contributed by atoms with E-state index in [0.717, 1.165) is 0 Å². The summed E-state index contributed by atoms with van der Waals surface area (Å²) < 4.78 is 2.22. The topological polar surface area (TPSA) is 3.88 Å². The molecule has 1 aromatic heterocycles. The van der Waals surface area contributed by atoms with Gasteiger partial charge in [0.15, 0.2) is 5.69 Å². The summed E-state index contributed by atoms with van der Waals surface area (Å²) in [4.78, 5) is 0. The first-order valence-corrected chi connectivity index (χ1v) is 5.24. The van der Waals surface area contributed by atoms with E-state index in [-0.39, 0.29) is 0 Å². The van der Waals surface area contributed by atoms with Crippen LogP contribution in [0.25, 0.3) is 5.69 Å². The highest BCUT2D eigenvalue weighted by atomic mass is 32.1. The molecule has 0 N–H and O–H groups in total. The number of benzene rings is 1. The van der Waals surface area contributed by atoms with Crippen LogP contribution in [0.15, 0.2) is 35.2 Å². The summed E-state index contributed by atoms with van der Waals surface area (Å²) in [6, 6.07) is 8.43. The Morgan fingerprint density at radius 3 is 2.54 bits per heavy atom. The first-order valence-electron chi connectivity index (χ1n) is 4.29. The van der Waals surface area contributed by atoms with Crippen molar-refractivity contribution in [3.63, 3.8) is 0 Å². The van der Waals surface area contributed by atoms with E-state index in [1.165, 1.54) is 16.9 Å². The molecule has 1 nitrogen and oxygen atoms in total. The molecule has 0 fully saturated rings. The Bertz CT molecular complexity index is 418. The zero-order valence-corrected chi connectivity index (χ0v) is 8.64. The zero-order chi connectivity index (χ0) is 9.26. The maximum atomic E-state index is 2.22. The van der Waals surface area contributed by atoms with Gasteiger partial charge in [0.25, 0.3) is 0 Å². The Balaban J connectivity index is 2.59. The molecule has 0 bridgehead atoms. The Hall–Kier alpha value is -1.15. The van der Waals surface area contributed by atoms with Crippen LogP contribution in [0.3, 0.4) is 0 Å². The first-order chi connectivity index (χ1) is 6.29. The van der Waals surface area contributed by atoms with Crippen LogP contribution in [0.4, 0.5) is 0 Å². The van der Waals surface area contributed by atoms with Crippen LogP contribution in [0, 0.1) is 13.8 Å². The van der Waals surface area contributed by atoms with Crippen LogP contribution in [0.1, 0.15) is 11.3 Å². The average molecular weight is 190 g/mol. The summed E-state index contributed by atoms with van der Waals surface area (Å²) in [6.07, 6.45) is 0. The summed E-state index contributed by atoms with van der Waals surface area (Å²) in [7, 11) is 0. The van der Waals surface area contributed by atoms with Crippen molar-refractivity contribution in [3.05, 3.63) is 46.4 Å². The lowest BCUT2D eigenvalue weighted by Crippen LogP contribution is -2.31. The summed E-state index contributed by atoms with van der Waals surface area (Å²) in [5, 5.41) is 2.16. The quantitative estimate of drug-likeness (QED) is 0.609. The number of aromatic nitrogens is 1. The summed E-state index contributed by atoms with van der Waals surface area (Å²) in [6.45, 7) is 4.27. The smallest absolute Gasteiger partial charge is 0.154 e. The zero-order valence-electron chi connectivity index (χ0n) is 7.82. The van der Waals surface area contributed by atoms with E-state index in [1.54, 1.807) is 11.3 Å². The summed E-state index contributed by atoms with van der Waals surface area (Å²) in [5.41, 5.74) is 6.02. The van der Waals surface area contributed by atoms with Gasteiger partial charge in [0.2, 0.25) is 11.2 Å². The predicted molar refractivity (Wildman–Crippen MR) is 55.3 cm³/mol. The SMILES string of the molecule is Cc1ccccc1-[n+]1cscc1C. The lowest BCUT2D eigenvalue weighted by atomic mass is 10.2. The van der Waals surface area contributed by atoms with Gasteiger partial charge in [0, 0.05) is 18.6 Å². The third-order valence-electron chi connectivity index (χ3n) is 2.16. The molecule has 0 aliphatic heterocycles. The number of aryl methyl sites for hydroxylation is 2. The number of hydrogen-bond acceptors (Lipinski definition) is 1. The molecule has 2 aromatic rings. The third kappa shape index (κ3) is 1.49. The van der Waals surface area contributed by atoms with Crippen LogP contribution >= 0.6 is 11.3 Å². The molecular weight excluding hydrogens is 178 g/mol. The van der Waals surface area contributed by atoms with Gasteiger partial charge in [-0.25, -0.2) is 0 Å². The maximum absolute atomic E-state index is 2.22. The molecule has 0 aliphatic carbocycles. The van der Waals surface area contributed by atoms with Crippen molar-refractivity contribution in [2.24, 2.45) is 0 Å². The molecule has 0 aliphatic rings. The second kappa shape index (κ2) is 3.30. The molecule has 66 valence electrons. The molecule has 0 saturated heterocycles. The Morgan fingerprint density at radius 2 is 1.92 bits per heavy atom. The minimum absolute atomic E-state index is 1.28. The van der Waals surface area contributed by atoms with Crippen LogP contribution in [0.5, 0.6) is 0 Å². The van der Waals surface area contributed by atoms with E-state index >= 15 is 0 Å². The number of hydrogen-bond donors (Lipinski definition) is 0. The van der Waals surface area contributed by atoms with Crippen molar-refractivity contribution in [1.29, 1.82) is 0 Å². The van der Waals surface area contributed by atoms with Gasteiger partial charge in [-0.2, -0.15) is 4.57 Å². The van der Waals surface area contributed by atoms with Gasteiger partial charge in [-0.3, -0.25) is 0 Å². The van der Waals surface area contributed by atoms with Crippen LogP contribution in [-0.4, -0.2) is 0 Å². The summed E-state index contributed by atoms with van der Waals surface area (Å²) >= 11 is 1.73. The van der Waals surface area contributed by atoms with Gasteiger partial charge < -0.3 is 0 Å². The highest BCUT2D eigenvalue weighted by Gasteiger charge is 2.12. The fourth-order valence-electron chi connectivity index (χ4n) is 1.41. The van der Waals surface area contributed by atoms with Gasteiger partial charge in [0.05, 0.1) is 5.38 Å². The van der Waals surface area contributed by atoms with Crippen LogP contribution in [0.2, 0.25) is 0 Å². The monoisotopic (exact) mass is 190 g/mol. The van der Waals surface area contributed by atoms with E-state index < -0.39 is 0 Å². The van der Waals surface area contributed by atoms with Crippen molar-refractivity contribution in [2.75, 3.05) is 0 Å². The molecule has 0 amide bonds. The van der Waals surface area contributed by atoms with E-state index in [4.69, 9.17) is 0 Å². The minimum atomic E-state index is 1.28. The second-order valence-corrected chi connectivity index (χ2v) is 3.88. The highest BCUT2D eigenvalue weighted by Crippen LogP contribution is 2.09. The third-order valence-corrected chi connectivity index (χ3v) is 2.97. The second-order valence-electron chi connectivity index (χ2n) is 3.16. The predicted octanol–water partition coefficient (Wildman–Crippen LogP) is 2.64. The number of nitrogens with zero attached hydrogens (tertiary/aromatic N) is 1. The number of thiazole rings is 1. The maximum Gasteiger partial charge on any atom is 0.230 e. The van der Waals surface area contributed by atoms with Gasteiger partial charge in [-0.1, -0.05) is 29.5 Å². The lowest BCUT2D eigenvalue weighted by Gasteiger charge is -1.97. The molecule has 0 spiro atoms. The molecule has 2 rings (SSSR count). The fourth-order valence-corrected chi connectivity index (χ4v) is 2.18. The minimum Gasteiger partial charge on any atom is -0.154 e. The molecule has 0 unspecified atom stereocenters. The van der Waals surface area contributed by atoms with E-state index in [9.17, 15) is 0 Å². The molecule has 1 heterocycles. The number of para-hydroxylation sites is 1. The molecule has 0 saturated carbocycles. The van der Waals surface area contributed by atoms with Crippen molar-refractivity contribution in [1.82, 2.24) is 0 Å². The lowest BCUT2D eigenvalue weighted by molar-refractivity contribution is -0.597. The number of rotatable bonds is 1. The van der Waals surface area contributed by atoms with Crippen LogP contribution < -0.4 is 4.57 Å². The van der Waals surface area contributed by atoms with E-state index in [1.807, 2.05) is 0 Å². The largest absolute Gasteiger partial charge is 0.230 e. The standard InChI is InChI=1S/C11H12NS/c1-9-5-3-4-6-11(9)12-8-13-7-10(12)2/h3-8H,1-2H3/q+1. The molecule has 2 heteroatoms. The van der Waals surface area contributed by atoms with Gasteiger partial charge in [0.1, 0.15) is 0 Å². The van der Waals surface area contributed by atoms with Crippen molar-refractivity contribution in [2.45, 2.75) is 13.8 Å². The average Bonchev–Trinajstić information content (AvgIpc) is 2.52. The fraction of sp³-hybridized carbons (Fsp3) is 0.182. The first kappa shape index (κ1) is 8.45. The Morgan fingerprint density at radius 1 is 1.15 bits per heavy atom. The normalized spacial score (nSPS) is 10.3. The van der Waals surface area contributed by atoms with Crippen molar-refractivity contribution < 1.29 is 4.57 Å². The molecule has 13 heavy (non-hydrogen) atoms. The Kier molecular flexibility index (Phi) is 2.15. The highest BCUT2D eigenvalue weighted by molar-refractivity contribution is 7.07. The van der Waals surface area contributed by atoms with Gasteiger partial charge >= 0.3 is 0 Å². The van der Waals surface area contributed by atoms with E-state index in [2.05, 4.69) is 53.6 Å². The van der Waals surface area contributed by atoms with Gasteiger partial charge in [-0.15, -0.1) is 0 Å². The van der Waals surface area contributed by atoms with Crippen molar-refractivity contribution >= 4 is 11.3 Å². The Labute approximate surface area is 82.3 Å². The molecule has 1 aromatic carbocycles. The molecular formula is C11H12NS+. The molecule has 0 radical (unpaired) electrons. The summed E-state index contributed by atoms with van der Waals surface area (Å²) in [5.74, 6) is 0.